The SMILES string of the molecule is C=CC(=O)N(C)CC[C@H](NC(=O)OC(C)(C)C)C(=O)N1C[C@H](Oc2cc(-c3ccccc3)nc3cc(OC)ccc23)C[C@H]1C(=O)N[C@]1(C(=O)NS(=O)(=O)c2ccccc2)C[C@H]1C=C. The van der Waals surface area contributed by atoms with Crippen LogP contribution in [0, 0.1) is 5.92 Å². The number of methoxy groups -OCH3 is 1. The zero-order chi connectivity index (χ0) is 45.7. The van der Waals surface area contributed by atoms with Gasteiger partial charge in [0.1, 0.15) is 40.8 Å². The molecule has 5 amide bonds. The zero-order valence-corrected chi connectivity index (χ0v) is 36.6. The Morgan fingerprint density at radius 2 is 1.68 bits per heavy atom. The van der Waals surface area contributed by atoms with Gasteiger partial charge in [0, 0.05) is 49.0 Å². The first-order valence-corrected chi connectivity index (χ1v) is 21.8. The Balaban J connectivity index is 1.36. The third kappa shape index (κ3) is 10.7. The fraction of sp³-hybridized carbons (Fsp3) is 0.348. The average Bonchev–Trinajstić information content (AvgIpc) is 3.82. The first kappa shape index (κ1) is 45.8. The van der Waals surface area contributed by atoms with Crippen molar-refractivity contribution in [3.63, 3.8) is 0 Å². The lowest BCUT2D eigenvalue weighted by Gasteiger charge is -2.31. The Morgan fingerprint density at radius 3 is 2.30 bits per heavy atom. The summed E-state index contributed by atoms with van der Waals surface area (Å²) in [7, 11) is -1.27. The molecule has 6 rings (SSSR count). The topological polar surface area (TPSA) is 203 Å². The van der Waals surface area contributed by atoms with Crippen molar-refractivity contribution < 1.29 is 46.6 Å². The molecule has 1 aliphatic heterocycles. The minimum absolute atomic E-state index is 0.0105. The highest BCUT2D eigenvalue weighted by Gasteiger charge is 2.61. The number of amides is 5. The number of likely N-dealkylation sites (N-methyl/N-ethyl adjacent to an activating group) is 1. The second-order valence-corrected chi connectivity index (χ2v) is 18.1. The predicted molar refractivity (Wildman–Crippen MR) is 235 cm³/mol. The molecule has 3 N–H and O–H groups in total. The maximum absolute atomic E-state index is 14.8. The molecule has 16 nitrogen and oxygen atoms in total. The van der Waals surface area contributed by atoms with Crippen LogP contribution < -0.4 is 24.8 Å². The summed E-state index contributed by atoms with van der Waals surface area (Å²) in [6.07, 6.45) is 0.726. The van der Waals surface area contributed by atoms with Crippen LogP contribution in [0.3, 0.4) is 0 Å². The summed E-state index contributed by atoms with van der Waals surface area (Å²) < 4.78 is 46.3. The van der Waals surface area contributed by atoms with Crippen LogP contribution in [0.2, 0.25) is 0 Å². The number of sulfonamides is 1. The van der Waals surface area contributed by atoms with E-state index < -0.39 is 75.0 Å². The number of rotatable bonds is 16. The molecular weight excluding hydrogens is 829 g/mol. The number of hydrogen-bond acceptors (Lipinski definition) is 11. The third-order valence-corrected chi connectivity index (χ3v) is 12.2. The lowest BCUT2D eigenvalue weighted by molar-refractivity contribution is -0.141. The van der Waals surface area contributed by atoms with Gasteiger partial charge in [0.15, 0.2) is 0 Å². The summed E-state index contributed by atoms with van der Waals surface area (Å²) in [5, 5.41) is 6.03. The Morgan fingerprint density at radius 1 is 1.00 bits per heavy atom. The molecule has 0 radical (unpaired) electrons. The van der Waals surface area contributed by atoms with Crippen LogP contribution in [0.5, 0.6) is 11.5 Å². The molecule has 17 heteroatoms. The lowest BCUT2D eigenvalue weighted by Crippen LogP contribution is -2.58. The predicted octanol–water partition coefficient (Wildman–Crippen LogP) is 4.75. The molecule has 63 heavy (non-hydrogen) atoms. The number of nitrogens with one attached hydrogen (secondary N) is 3. The maximum atomic E-state index is 14.8. The third-order valence-electron chi connectivity index (χ3n) is 10.8. The van der Waals surface area contributed by atoms with Crippen LogP contribution in [0.25, 0.3) is 22.2 Å². The average molecular weight is 881 g/mol. The maximum Gasteiger partial charge on any atom is 0.408 e. The summed E-state index contributed by atoms with van der Waals surface area (Å²) in [6, 6.07) is 21.3. The van der Waals surface area contributed by atoms with Crippen molar-refractivity contribution >= 4 is 50.6 Å². The fourth-order valence-corrected chi connectivity index (χ4v) is 8.48. The number of fused-ring (bicyclic) bond motifs is 1. The van der Waals surface area contributed by atoms with Crippen LogP contribution in [0.1, 0.15) is 40.0 Å². The Kier molecular flexibility index (Phi) is 13.6. The standard InChI is InChI=1S/C46H52N6O10S/c1-8-30-27-46(30,43(56)50-63(58,59)33-18-14-11-15-19-33)49-41(54)38-25-32(28-52(38)42(55)35(22-23-51(6)40(53)9-2)48-44(57)62-45(3,4)5)61-39-26-36(29-16-12-10-13-17-29)47-37-24-31(60-7)20-21-34(37)39/h8-21,24,26,30,32,35,38H,1-2,22-23,25,27-28H2,3-7H3,(H,48,57)(H,49,54)(H,50,56)/t30-,32-,35+,38+,46-/m1/s1. The summed E-state index contributed by atoms with van der Waals surface area (Å²) in [5.74, 6) is -2.51. The summed E-state index contributed by atoms with van der Waals surface area (Å²) in [6.45, 7) is 12.2. The van der Waals surface area contributed by atoms with E-state index in [9.17, 15) is 32.4 Å². The monoisotopic (exact) mass is 880 g/mol. The number of ether oxygens (including phenoxy) is 3. The number of carbonyl (C=O) groups is 5. The van der Waals surface area contributed by atoms with Crippen molar-refractivity contribution in [1.82, 2.24) is 30.1 Å². The Labute approximate surface area is 366 Å². The highest BCUT2D eigenvalue weighted by molar-refractivity contribution is 7.90. The molecule has 0 unspecified atom stereocenters. The molecule has 1 saturated carbocycles. The van der Waals surface area contributed by atoms with E-state index in [-0.39, 0.29) is 37.2 Å². The number of benzene rings is 3. The van der Waals surface area contributed by atoms with Crippen molar-refractivity contribution in [3.8, 4) is 22.8 Å². The van der Waals surface area contributed by atoms with Crippen molar-refractivity contribution in [2.75, 3.05) is 27.2 Å². The summed E-state index contributed by atoms with van der Waals surface area (Å²) >= 11 is 0. The fourth-order valence-electron chi connectivity index (χ4n) is 7.42. The number of nitrogens with zero attached hydrogens (tertiary/aromatic N) is 3. The summed E-state index contributed by atoms with van der Waals surface area (Å²) in [4.78, 5) is 76.2. The molecule has 332 valence electrons. The van der Waals surface area contributed by atoms with E-state index in [2.05, 4.69) is 28.5 Å². The first-order chi connectivity index (χ1) is 29.9. The van der Waals surface area contributed by atoms with Crippen LogP contribution in [0.15, 0.2) is 115 Å². The molecule has 0 bridgehead atoms. The number of alkyl carbamates (subject to hydrolysis) is 1. The Hall–Kier alpha value is -6.75. The number of pyridine rings is 1. The van der Waals surface area contributed by atoms with Crippen LogP contribution in [-0.2, 0) is 33.9 Å². The van der Waals surface area contributed by atoms with Gasteiger partial charge in [-0.3, -0.25) is 19.2 Å². The number of carbonyl (C=O) groups excluding carboxylic acids is 5. The van der Waals surface area contributed by atoms with E-state index in [0.29, 0.717) is 28.1 Å². The van der Waals surface area contributed by atoms with Crippen molar-refractivity contribution in [2.24, 2.45) is 5.92 Å². The van der Waals surface area contributed by atoms with Crippen LogP contribution >= 0.6 is 0 Å². The number of aromatic nitrogens is 1. The van der Waals surface area contributed by atoms with Gasteiger partial charge in [-0.05, 0) is 64.0 Å². The molecule has 2 heterocycles. The Bertz CT molecular complexity index is 2510. The minimum Gasteiger partial charge on any atom is -0.497 e. The van der Waals surface area contributed by atoms with Crippen LogP contribution in [0.4, 0.5) is 4.79 Å². The normalized spacial score (nSPS) is 19.8. The van der Waals surface area contributed by atoms with Crippen molar-refractivity contribution in [3.05, 3.63) is 110 Å². The molecule has 0 spiro atoms. The largest absolute Gasteiger partial charge is 0.497 e. The smallest absolute Gasteiger partial charge is 0.408 e. The first-order valence-electron chi connectivity index (χ1n) is 20.3. The van der Waals surface area contributed by atoms with Gasteiger partial charge >= 0.3 is 6.09 Å². The van der Waals surface area contributed by atoms with E-state index in [4.69, 9.17) is 19.2 Å². The van der Waals surface area contributed by atoms with Gasteiger partial charge < -0.3 is 34.6 Å². The van der Waals surface area contributed by atoms with E-state index in [1.165, 1.54) is 47.2 Å². The highest BCUT2D eigenvalue weighted by Crippen LogP contribution is 2.45. The van der Waals surface area contributed by atoms with Crippen LogP contribution in [-0.4, -0.2) is 109 Å². The van der Waals surface area contributed by atoms with E-state index >= 15 is 0 Å². The molecule has 5 atom stereocenters. The summed E-state index contributed by atoms with van der Waals surface area (Å²) in [5.41, 5.74) is -0.668. The van der Waals surface area contributed by atoms with Gasteiger partial charge in [-0.2, -0.15) is 0 Å². The highest BCUT2D eigenvalue weighted by atomic mass is 32.2. The molecule has 2 aliphatic rings. The molecule has 2 fully saturated rings. The zero-order valence-electron chi connectivity index (χ0n) is 35.8. The molecule has 1 aliphatic carbocycles. The van der Waals surface area contributed by atoms with E-state index in [0.717, 1.165) is 11.6 Å². The minimum atomic E-state index is -4.33. The molecule has 1 aromatic heterocycles. The van der Waals surface area contributed by atoms with Gasteiger partial charge in [-0.25, -0.2) is 22.9 Å². The van der Waals surface area contributed by atoms with Gasteiger partial charge in [0.2, 0.25) is 17.7 Å². The van der Waals surface area contributed by atoms with Crippen molar-refractivity contribution in [2.45, 2.75) is 74.3 Å². The second-order valence-electron chi connectivity index (χ2n) is 16.4. The molecule has 1 saturated heterocycles. The molecule has 3 aromatic carbocycles. The second kappa shape index (κ2) is 18.7. The number of likely N-dealkylation sites (tertiary alicyclic amines) is 1. The van der Waals surface area contributed by atoms with E-state index in [1.807, 2.05) is 30.3 Å². The van der Waals surface area contributed by atoms with E-state index in [1.54, 1.807) is 58.2 Å². The van der Waals surface area contributed by atoms with Gasteiger partial charge in [0.05, 0.1) is 29.8 Å². The number of hydrogen-bond donors (Lipinski definition) is 3. The van der Waals surface area contributed by atoms with Gasteiger partial charge in [-0.15, -0.1) is 6.58 Å². The van der Waals surface area contributed by atoms with Gasteiger partial charge in [-0.1, -0.05) is 61.2 Å². The quantitative estimate of drug-likeness (QED) is 0.104. The van der Waals surface area contributed by atoms with Gasteiger partial charge in [0.25, 0.3) is 15.9 Å². The van der Waals surface area contributed by atoms with Crippen molar-refractivity contribution in [1.29, 1.82) is 0 Å². The lowest BCUT2D eigenvalue weighted by atomic mass is 10.1. The molecular formula is C46H52N6O10S. The molecule has 4 aromatic rings.